The van der Waals surface area contributed by atoms with Crippen molar-refractivity contribution >= 4 is 11.8 Å². The third kappa shape index (κ3) is 4.47. The van der Waals surface area contributed by atoms with Crippen molar-refractivity contribution in [1.29, 1.82) is 0 Å². The molecule has 0 aromatic heterocycles. The van der Waals surface area contributed by atoms with E-state index in [1.807, 2.05) is 0 Å². The van der Waals surface area contributed by atoms with Crippen molar-refractivity contribution in [2.45, 2.75) is 69.9 Å². The number of hydrogen-bond acceptors (Lipinski definition) is 3. The first-order chi connectivity index (χ1) is 9.72. The molecular weight excluding hydrogens is 254 g/mol. The highest BCUT2D eigenvalue weighted by Gasteiger charge is 2.35. The van der Waals surface area contributed by atoms with Crippen LogP contribution in [0.25, 0.3) is 0 Å². The lowest BCUT2D eigenvalue weighted by molar-refractivity contribution is -0.138. The third-order valence-electron chi connectivity index (χ3n) is 4.14. The maximum absolute atomic E-state index is 12.2. The van der Waals surface area contributed by atoms with E-state index in [2.05, 4.69) is 5.32 Å². The summed E-state index contributed by atoms with van der Waals surface area (Å²) in [6.45, 7) is 1.47. The molecule has 20 heavy (non-hydrogen) atoms. The van der Waals surface area contributed by atoms with Crippen LogP contribution in [0.2, 0.25) is 0 Å². The molecule has 0 bridgehead atoms. The number of unbranched alkanes of at least 4 members (excludes halogenated alkanes) is 3. The Morgan fingerprint density at radius 3 is 2.55 bits per heavy atom. The van der Waals surface area contributed by atoms with Crippen molar-refractivity contribution in [2.75, 3.05) is 13.1 Å². The average molecular weight is 281 g/mol. The number of nitrogens with two attached hydrogens (primary N) is 1. The minimum atomic E-state index is -0.216. The normalized spacial score (nSPS) is 22.1. The Balaban J connectivity index is 1.71. The first kappa shape index (κ1) is 15.3. The van der Waals surface area contributed by atoms with Gasteiger partial charge in [0.2, 0.25) is 11.8 Å². The standard InChI is InChI=1S/C15H27N3O2/c16-10-4-2-1-3-7-14(19)18-11-5-6-13(18)15(20)17-12-8-9-12/h12-13H,1-11,16H2,(H,17,20). The van der Waals surface area contributed by atoms with Gasteiger partial charge in [0, 0.05) is 19.0 Å². The third-order valence-corrected chi connectivity index (χ3v) is 4.14. The van der Waals surface area contributed by atoms with Gasteiger partial charge in [0.05, 0.1) is 0 Å². The number of rotatable bonds is 8. The molecule has 5 heteroatoms. The van der Waals surface area contributed by atoms with Gasteiger partial charge in [-0.1, -0.05) is 12.8 Å². The summed E-state index contributed by atoms with van der Waals surface area (Å²) in [4.78, 5) is 26.1. The van der Waals surface area contributed by atoms with Crippen LogP contribution in [0.3, 0.4) is 0 Å². The van der Waals surface area contributed by atoms with E-state index in [1.165, 1.54) is 0 Å². The SMILES string of the molecule is NCCCCCCC(=O)N1CCCC1C(=O)NC1CC1. The quantitative estimate of drug-likeness (QED) is 0.656. The van der Waals surface area contributed by atoms with Crippen LogP contribution in [0.15, 0.2) is 0 Å². The van der Waals surface area contributed by atoms with Crippen LogP contribution >= 0.6 is 0 Å². The first-order valence-corrected chi connectivity index (χ1v) is 8.02. The Morgan fingerprint density at radius 1 is 1.10 bits per heavy atom. The number of amides is 2. The maximum Gasteiger partial charge on any atom is 0.243 e. The number of nitrogens with zero attached hydrogens (tertiary/aromatic N) is 1. The summed E-state index contributed by atoms with van der Waals surface area (Å²) in [5.41, 5.74) is 5.45. The molecule has 0 spiro atoms. The monoisotopic (exact) mass is 281 g/mol. The van der Waals surface area contributed by atoms with E-state index in [0.717, 1.165) is 64.5 Å². The van der Waals surface area contributed by atoms with Crippen molar-refractivity contribution in [3.05, 3.63) is 0 Å². The van der Waals surface area contributed by atoms with E-state index in [9.17, 15) is 9.59 Å². The zero-order valence-corrected chi connectivity index (χ0v) is 12.3. The second kappa shape index (κ2) is 7.62. The van der Waals surface area contributed by atoms with E-state index in [0.29, 0.717) is 12.5 Å². The minimum Gasteiger partial charge on any atom is -0.352 e. The van der Waals surface area contributed by atoms with Gasteiger partial charge in [-0.05, 0) is 45.1 Å². The summed E-state index contributed by atoms with van der Waals surface area (Å²) < 4.78 is 0. The second-order valence-corrected chi connectivity index (χ2v) is 5.98. The predicted molar refractivity (Wildman–Crippen MR) is 78.0 cm³/mol. The Morgan fingerprint density at radius 2 is 1.85 bits per heavy atom. The lowest BCUT2D eigenvalue weighted by atomic mass is 10.1. The summed E-state index contributed by atoms with van der Waals surface area (Å²) in [5, 5.41) is 3.02. The van der Waals surface area contributed by atoms with Crippen LogP contribution < -0.4 is 11.1 Å². The predicted octanol–water partition coefficient (Wildman–Crippen LogP) is 1.17. The summed E-state index contributed by atoms with van der Waals surface area (Å²) in [5.74, 6) is 0.202. The maximum atomic E-state index is 12.2. The molecule has 1 saturated carbocycles. The molecule has 0 aromatic rings. The highest BCUT2D eigenvalue weighted by Crippen LogP contribution is 2.23. The molecule has 3 N–H and O–H groups in total. The summed E-state index contributed by atoms with van der Waals surface area (Å²) in [6, 6.07) is 0.156. The molecule has 2 aliphatic rings. The summed E-state index contributed by atoms with van der Waals surface area (Å²) in [6.07, 6.45) is 8.60. The number of nitrogens with one attached hydrogen (secondary N) is 1. The molecule has 2 amide bonds. The number of carbonyl (C=O) groups is 2. The Kier molecular flexibility index (Phi) is 5.83. The molecule has 1 atom stereocenters. The van der Waals surface area contributed by atoms with E-state index >= 15 is 0 Å². The summed E-state index contributed by atoms with van der Waals surface area (Å²) >= 11 is 0. The van der Waals surface area contributed by atoms with Gasteiger partial charge in [0.15, 0.2) is 0 Å². The first-order valence-electron chi connectivity index (χ1n) is 8.02. The van der Waals surface area contributed by atoms with Crippen molar-refractivity contribution in [3.8, 4) is 0 Å². The lowest BCUT2D eigenvalue weighted by Gasteiger charge is -2.24. The van der Waals surface area contributed by atoms with Gasteiger partial charge in [-0.2, -0.15) is 0 Å². The molecule has 1 aliphatic heterocycles. The summed E-state index contributed by atoms with van der Waals surface area (Å²) in [7, 11) is 0. The van der Waals surface area contributed by atoms with E-state index in [-0.39, 0.29) is 17.9 Å². The Hall–Kier alpha value is -1.10. The van der Waals surface area contributed by atoms with Crippen LogP contribution in [0.4, 0.5) is 0 Å². The highest BCUT2D eigenvalue weighted by atomic mass is 16.2. The molecule has 0 radical (unpaired) electrons. The minimum absolute atomic E-state index is 0.0569. The van der Waals surface area contributed by atoms with Crippen molar-refractivity contribution in [2.24, 2.45) is 5.73 Å². The van der Waals surface area contributed by atoms with Gasteiger partial charge >= 0.3 is 0 Å². The van der Waals surface area contributed by atoms with Crippen molar-refractivity contribution in [1.82, 2.24) is 10.2 Å². The zero-order valence-electron chi connectivity index (χ0n) is 12.3. The van der Waals surface area contributed by atoms with Crippen molar-refractivity contribution < 1.29 is 9.59 Å². The fourth-order valence-corrected chi connectivity index (χ4v) is 2.78. The smallest absolute Gasteiger partial charge is 0.243 e. The van der Waals surface area contributed by atoms with Crippen LogP contribution in [0.1, 0.15) is 57.8 Å². The van der Waals surface area contributed by atoms with Gasteiger partial charge in [-0.15, -0.1) is 0 Å². The van der Waals surface area contributed by atoms with Crippen LogP contribution in [0.5, 0.6) is 0 Å². The lowest BCUT2D eigenvalue weighted by Crippen LogP contribution is -2.46. The molecule has 1 heterocycles. The van der Waals surface area contributed by atoms with Gasteiger partial charge in [-0.3, -0.25) is 9.59 Å². The molecule has 0 aromatic carbocycles. The van der Waals surface area contributed by atoms with E-state index in [1.54, 1.807) is 4.90 Å². The van der Waals surface area contributed by atoms with Gasteiger partial charge in [0.25, 0.3) is 0 Å². The van der Waals surface area contributed by atoms with E-state index in [4.69, 9.17) is 5.73 Å². The molecule has 1 aliphatic carbocycles. The van der Waals surface area contributed by atoms with E-state index < -0.39 is 0 Å². The highest BCUT2D eigenvalue weighted by molar-refractivity contribution is 5.88. The van der Waals surface area contributed by atoms with Crippen LogP contribution in [-0.4, -0.2) is 41.9 Å². The molecule has 114 valence electrons. The Bertz CT molecular complexity index is 342. The van der Waals surface area contributed by atoms with Gasteiger partial charge in [-0.25, -0.2) is 0 Å². The Labute approximate surface area is 121 Å². The number of hydrogen-bond donors (Lipinski definition) is 2. The average Bonchev–Trinajstić information content (AvgIpc) is 3.10. The molecular formula is C15H27N3O2. The molecule has 1 unspecified atom stereocenters. The topological polar surface area (TPSA) is 75.4 Å². The number of likely N-dealkylation sites (tertiary alicyclic amines) is 1. The fourth-order valence-electron chi connectivity index (χ4n) is 2.78. The zero-order chi connectivity index (χ0) is 14.4. The fraction of sp³-hybridized carbons (Fsp3) is 0.867. The molecule has 2 fully saturated rings. The van der Waals surface area contributed by atoms with Crippen LogP contribution in [-0.2, 0) is 9.59 Å². The molecule has 5 nitrogen and oxygen atoms in total. The second-order valence-electron chi connectivity index (χ2n) is 5.98. The number of carbonyl (C=O) groups excluding carboxylic acids is 2. The largest absolute Gasteiger partial charge is 0.352 e. The molecule has 1 saturated heterocycles. The van der Waals surface area contributed by atoms with Gasteiger partial charge < -0.3 is 16.0 Å². The van der Waals surface area contributed by atoms with Crippen LogP contribution in [0, 0.1) is 0 Å². The van der Waals surface area contributed by atoms with Gasteiger partial charge in [0.1, 0.15) is 6.04 Å². The van der Waals surface area contributed by atoms with Crippen molar-refractivity contribution in [3.63, 3.8) is 0 Å². The molecule has 2 rings (SSSR count).